The Balaban J connectivity index is 0.000000352. The van der Waals surface area contributed by atoms with Gasteiger partial charge >= 0.3 is 0 Å². The predicted octanol–water partition coefficient (Wildman–Crippen LogP) is 6.33. The van der Waals surface area contributed by atoms with Crippen LogP contribution in [-0.2, 0) is 11.2 Å². The Kier molecular flexibility index (Phi) is 9.95. The van der Waals surface area contributed by atoms with Gasteiger partial charge in [0.2, 0.25) is 0 Å². The Labute approximate surface area is 169 Å². The van der Waals surface area contributed by atoms with Gasteiger partial charge in [0.25, 0.3) is 0 Å². The lowest BCUT2D eigenvalue weighted by atomic mass is 10.0. The van der Waals surface area contributed by atoms with E-state index in [1.54, 1.807) is 7.05 Å². The Bertz CT molecular complexity index is 929. The van der Waals surface area contributed by atoms with Crippen molar-refractivity contribution in [2.45, 2.75) is 20.3 Å². The normalized spacial score (nSPS) is 11.4. The topological polar surface area (TPSA) is 66.5 Å². The number of benzene rings is 2. The summed E-state index contributed by atoms with van der Waals surface area (Å²) in [5.41, 5.74) is 2.50. The third-order valence-electron chi connectivity index (χ3n) is 3.70. The van der Waals surface area contributed by atoms with E-state index in [-0.39, 0.29) is 23.5 Å². The molecule has 0 spiro atoms. The first-order valence-corrected chi connectivity index (χ1v) is 8.78. The van der Waals surface area contributed by atoms with E-state index in [1.807, 2.05) is 31.2 Å². The number of carbonyl (C=O) groups excluding carboxylic acids is 1. The summed E-state index contributed by atoms with van der Waals surface area (Å²) < 4.78 is 26.9. The van der Waals surface area contributed by atoms with Gasteiger partial charge in [-0.05, 0) is 42.3 Å². The van der Waals surface area contributed by atoms with Crippen LogP contribution < -0.4 is 0 Å². The molecule has 2 rings (SSSR count). The lowest BCUT2D eigenvalue weighted by Crippen LogP contribution is -1.99. The van der Waals surface area contributed by atoms with Crippen molar-refractivity contribution in [2.75, 3.05) is 14.1 Å². The molecule has 0 radical (unpaired) electrons. The second-order valence-corrected chi connectivity index (χ2v) is 6.01. The van der Waals surface area contributed by atoms with E-state index in [0.717, 1.165) is 11.3 Å². The molecule has 0 fully saturated rings. The van der Waals surface area contributed by atoms with Crippen molar-refractivity contribution < 1.29 is 13.6 Å². The van der Waals surface area contributed by atoms with Crippen LogP contribution in [0.1, 0.15) is 18.1 Å². The minimum Gasteiger partial charge on any atom is -0.293 e. The number of azo groups is 2. The monoisotopic (exact) mass is 398 g/mol. The van der Waals surface area contributed by atoms with Gasteiger partial charge < -0.3 is 0 Å². The van der Waals surface area contributed by atoms with E-state index in [0.29, 0.717) is 5.57 Å². The molecule has 0 unspecified atom stereocenters. The number of allylic oxidation sites excluding steroid dienone is 3. The van der Waals surface area contributed by atoms with Crippen molar-refractivity contribution >= 4 is 11.5 Å². The van der Waals surface area contributed by atoms with Crippen molar-refractivity contribution in [1.29, 1.82) is 0 Å². The number of hydrogen-bond donors (Lipinski definition) is 0. The molecule has 0 atom stereocenters. The highest BCUT2D eigenvalue weighted by Crippen LogP contribution is 2.18. The number of rotatable bonds is 6. The van der Waals surface area contributed by atoms with Crippen molar-refractivity contribution in [3.63, 3.8) is 0 Å². The van der Waals surface area contributed by atoms with Gasteiger partial charge in [-0.1, -0.05) is 30.8 Å². The number of aryl methyl sites for hydroxylation is 1. The molecule has 0 amide bonds. The number of hydrogen-bond acceptors (Lipinski definition) is 5. The Morgan fingerprint density at radius 1 is 1.03 bits per heavy atom. The summed E-state index contributed by atoms with van der Waals surface area (Å²) in [5, 5.41) is 14.8. The summed E-state index contributed by atoms with van der Waals surface area (Å²) in [6.07, 6.45) is 1.34. The van der Waals surface area contributed by atoms with E-state index in [2.05, 4.69) is 27.0 Å². The molecule has 152 valence electrons. The summed E-state index contributed by atoms with van der Waals surface area (Å²) in [4.78, 5) is 11.2. The van der Waals surface area contributed by atoms with Gasteiger partial charge in [0, 0.05) is 33.0 Å². The maximum Gasteiger partial charge on any atom is 0.179 e. The zero-order valence-corrected chi connectivity index (χ0v) is 17.0. The highest BCUT2D eigenvalue weighted by atomic mass is 19.1. The van der Waals surface area contributed by atoms with Gasteiger partial charge in [-0.15, -0.1) is 0 Å². The van der Waals surface area contributed by atoms with E-state index in [9.17, 15) is 13.6 Å². The standard InChI is InChI=1S/C14H14F2N2O.C8H10N2/c1-9(8-14(10(2)19)18-17-3)7-11-12(15)5-4-6-13(11)16;1-7-5-3-4-6-8(7)10-9-2/h4-6,8H,1,7H2,2-3H3;3-6H,1-2H3/b14-8-,18-17?;. The Hall–Kier alpha value is -3.35. The van der Waals surface area contributed by atoms with Gasteiger partial charge in [0.1, 0.15) is 17.3 Å². The molecular formula is C22H24F2N4O. The number of Topliss-reactive ketones (excluding diaryl/α,β-unsaturated/α-hetero) is 1. The molecule has 7 heteroatoms. The first kappa shape index (κ1) is 23.7. The zero-order chi connectivity index (χ0) is 21.8. The summed E-state index contributed by atoms with van der Waals surface area (Å²) in [6, 6.07) is 11.5. The van der Waals surface area contributed by atoms with Crippen molar-refractivity contribution in [2.24, 2.45) is 20.5 Å². The fraction of sp³-hybridized carbons (Fsp3) is 0.227. The van der Waals surface area contributed by atoms with Crippen molar-refractivity contribution in [1.82, 2.24) is 0 Å². The number of halogens is 2. The van der Waals surface area contributed by atoms with Crippen LogP contribution in [0.25, 0.3) is 0 Å². The minimum atomic E-state index is -0.643. The average molecular weight is 398 g/mol. The summed E-state index contributed by atoms with van der Waals surface area (Å²) in [5.74, 6) is -1.58. The lowest BCUT2D eigenvalue weighted by Gasteiger charge is -2.05. The first-order valence-electron chi connectivity index (χ1n) is 8.78. The smallest absolute Gasteiger partial charge is 0.179 e. The minimum absolute atomic E-state index is 0.0332. The SMILES string of the molecule is C=C(/C=C(\N=NC)C(C)=O)Cc1c(F)cccc1F.CN=Nc1ccccc1C. The van der Waals surface area contributed by atoms with Crippen LogP contribution in [0.3, 0.4) is 0 Å². The van der Waals surface area contributed by atoms with Crippen LogP contribution in [0.5, 0.6) is 0 Å². The third-order valence-corrected chi connectivity index (χ3v) is 3.70. The van der Waals surface area contributed by atoms with Crippen LogP contribution in [0.4, 0.5) is 14.5 Å². The molecule has 2 aromatic carbocycles. The second kappa shape index (κ2) is 12.2. The van der Waals surface area contributed by atoms with Crippen molar-refractivity contribution in [3.8, 4) is 0 Å². The quantitative estimate of drug-likeness (QED) is 0.319. The molecule has 2 aromatic rings. The first-order chi connectivity index (χ1) is 13.8. The van der Waals surface area contributed by atoms with Gasteiger partial charge in [0.05, 0.1) is 5.69 Å². The van der Waals surface area contributed by atoms with Gasteiger partial charge in [0.15, 0.2) is 5.78 Å². The van der Waals surface area contributed by atoms with Gasteiger partial charge in [-0.2, -0.15) is 20.5 Å². The van der Waals surface area contributed by atoms with Crippen LogP contribution in [0.2, 0.25) is 0 Å². The van der Waals surface area contributed by atoms with Crippen LogP contribution in [0.15, 0.2) is 86.8 Å². The number of carbonyl (C=O) groups is 1. The van der Waals surface area contributed by atoms with E-state index >= 15 is 0 Å². The van der Waals surface area contributed by atoms with E-state index in [4.69, 9.17) is 0 Å². The fourth-order valence-corrected chi connectivity index (χ4v) is 2.26. The molecule has 0 saturated carbocycles. The highest BCUT2D eigenvalue weighted by molar-refractivity contribution is 5.93. The van der Waals surface area contributed by atoms with Gasteiger partial charge in [-0.25, -0.2) is 8.78 Å². The molecular weight excluding hydrogens is 374 g/mol. The zero-order valence-electron chi connectivity index (χ0n) is 17.0. The summed E-state index contributed by atoms with van der Waals surface area (Å²) in [6.45, 7) is 7.02. The molecule has 0 aliphatic carbocycles. The van der Waals surface area contributed by atoms with Crippen LogP contribution in [0, 0.1) is 18.6 Å². The van der Waals surface area contributed by atoms with Crippen LogP contribution in [-0.4, -0.2) is 19.9 Å². The maximum atomic E-state index is 13.4. The van der Waals surface area contributed by atoms with E-state index < -0.39 is 11.6 Å². The lowest BCUT2D eigenvalue weighted by molar-refractivity contribution is -0.113. The second-order valence-electron chi connectivity index (χ2n) is 6.01. The molecule has 0 heterocycles. The molecule has 0 aliphatic rings. The predicted molar refractivity (Wildman–Crippen MR) is 110 cm³/mol. The maximum absolute atomic E-state index is 13.4. The Morgan fingerprint density at radius 3 is 2.17 bits per heavy atom. The average Bonchev–Trinajstić information content (AvgIpc) is 2.67. The van der Waals surface area contributed by atoms with Gasteiger partial charge in [-0.3, -0.25) is 4.79 Å². The molecule has 0 bridgehead atoms. The van der Waals surface area contributed by atoms with Crippen molar-refractivity contribution in [3.05, 3.63) is 89.2 Å². The molecule has 0 aliphatic heterocycles. The summed E-state index contributed by atoms with van der Waals surface area (Å²) in [7, 11) is 3.10. The molecule has 5 nitrogen and oxygen atoms in total. The Morgan fingerprint density at radius 2 is 1.66 bits per heavy atom. The van der Waals surface area contributed by atoms with Crippen LogP contribution >= 0.6 is 0 Å². The molecule has 29 heavy (non-hydrogen) atoms. The number of nitrogens with zero attached hydrogens (tertiary/aromatic N) is 4. The number of ketones is 1. The highest BCUT2D eigenvalue weighted by Gasteiger charge is 2.10. The fourth-order valence-electron chi connectivity index (χ4n) is 2.26. The third kappa shape index (κ3) is 8.04. The van der Waals surface area contributed by atoms with E-state index in [1.165, 1.54) is 38.2 Å². The molecule has 0 saturated heterocycles. The summed E-state index contributed by atoms with van der Waals surface area (Å²) >= 11 is 0. The largest absolute Gasteiger partial charge is 0.293 e. The molecule has 0 aromatic heterocycles. The molecule has 0 N–H and O–H groups in total.